The Morgan fingerprint density at radius 1 is 1.30 bits per heavy atom. The van der Waals surface area contributed by atoms with Crippen molar-refractivity contribution in [3.05, 3.63) is 35.4 Å². The molecule has 0 saturated carbocycles. The first kappa shape index (κ1) is 16.7. The van der Waals surface area contributed by atoms with Crippen LogP contribution in [0.25, 0.3) is 0 Å². The van der Waals surface area contributed by atoms with E-state index in [4.69, 9.17) is 10.5 Å². The van der Waals surface area contributed by atoms with Gasteiger partial charge in [0.05, 0.1) is 12.5 Å². The van der Waals surface area contributed by atoms with E-state index >= 15 is 0 Å². The summed E-state index contributed by atoms with van der Waals surface area (Å²) in [5.74, 6) is -0.209. The summed E-state index contributed by atoms with van der Waals surface area (Å²) in [7, 11) is 1.67. The van der Waals surface area contributed by atoms with Crippen molar-refractivity contribution >= 4 is 5.91 Å². The molecule has 1 amide bonds. The lowest BCUT2D eigenvalue weighted by Crippen LogP contribution is -2.46. The highest BCUT2D eigenvalue weighted by Crippen LogP contribution is 2.16. The summed E-state index contributed by atoms with van der Waals surface area (Å²) in [6, 6.07) is 8.00. The molecule has 4 heteroatoms. The topological polar surface area (TPSA) is 64.3 Å². The Morgan fingerprint density at radius 2 is 1.90 bits per heavy atom. The zero-order valence-corrected chi connectivity index (χ0v) is 12.9. The van der Waals surface area contributed by atoms with Gasteiger partial charge in [0.25, 0.3) is 0 Å². The molecular weight excluding hydrogens is 252 g/mol. The number of carbonyl (C=O) groups excluding carboxylic acids is 1. The maximum atomic E-state index is 12.2. The van der Waals surface area contributed by atoms with Crippen LogP contribution in [0.5, 0.6) is 0 Å². The lowest BCUT2D eigenvalue weighted by molar-refractivity contribution is -0.126. The van der Waals surface area contributed by atoms with E-state index in [2.05, 4.69) is 5.32 Å². The van der Waals surface area contributed by atoms with Gasteiger partial charge < -0.3 is 15.8 Å². The van der Waals surface area contributed by atoms with Gasteiger partial charge in [-0.25, -0.2) is 0 Å². The Morgan fingerprint density at radius 3 is 2.40 bits per heavy atom. The van der Waals surface area contributed by atoms with Crippen molar-refractivity contribution in [3.8, 4) is 0 Å². The van der Waals surface area contributed by atoms with Gasteiger partial charge in [0, 0.05) is 19.2 Å². The van der Waals surface area contributed by atoms with E-state index < -0.39 is 0 Å². The minimum Gasteiger partial charge on any atom is -0.380 e. The number of hydrogen-bond acceptors (Lipinski definition) is 3. The minimum atomic E-state index is -0.240. The van der Waals surface area contributed by atoms with Gasteiger partial charge >= 0.3 is 0 Å². The Balaban J connectivity index is 2.80. The molecule has 0 fully saturated rings. The highest BCUT2D eigenvalue weighted by Gasteiger charge is 2.22. The standard InChI is InChI=1S/C16H26N2O2/c1-16(2,3)18-15(19)14(10-17)9-12-7-5-6-8-13(12)11-20-4/h5-8,14H,9-11,17H2,1-4H3,(H,18,19). The number of amides is 1. The Kier molecular flexibility index (Phi) is 6.17. The highest BCUT2D eigenvalue weighted by atomic mass is 16.5. The Hall–Kier alpha value is -1.39. The van der Waals surface area contributed by atoms with Gasteiger partial charge in [-0.05, 0) is 38.3 Å². The summed E-state index contributed by atoms with van der Waals surface area (Å²) >= 11 is 0. The predicted octanol–water partition coefficient (Wildman–Crippen LogP) is 1.87. The molecule has 3 N–H and O–H groups in total. The van der Waals surface area contributed by atoms with Gasteiger partial charge in [0.2, 0.25) is 5.91 Å². The van der Waals surface area contributed by atoms with Gasteiger partial charge in [-0.2, -0.15) is 0 Å². The van der Waals surface area contributed by atoms with Crippen LogP contribution in [0.1, 0.15) is 31.9 Å². The maximum Gasteiger partial charge on any atom is 0.225 e. The molecule has 1 atom stereocenters. The third kappa shape index (κ3) is 5.31. The molecule has 1 rings (SSSR count). The van der Waals surface area contributed by atoms with Gasteiger partial charge in [0.15, 0.2) is 0 Å². The largest absolute Gasteiger partial charge is 0.380 e. The van der Waals surface area contributed by atoms with Crippen LogP contribution in [0.4, 0.5) is 0 Å². The number of methoxy groups -OCH3 is 1. The van der Waals surface area contributed by atoms with Crippen molar-refractivity contribution in [1.82, 2.24) is 5.32 Å². The summed E-state index contributed by atoms with van der Waals surface area (Å²) in [4.78, 5) is 12.2. The predicted molar refractivity (Wildman–Crippen MR) is 81.3 cm³/mol. The monoisotopic (exact) mass is 278 g/mol. The smallest absolute Gasteiger partial charge is 0.225 e. The van der Waals surface area contributed by atoms with Crippen molar-refractivity contribution in [2.45, 2.75) is 39.3 Å². The number of carbonyl (C=O) groups is 1. The number of rotatable bonds is 6. The second kappa shape index (κ2) is 7.41. The van der Waals surface area contributed by atoms with Crippen LogP contribution < -0.4 is 11.1 Å². The molecule has 1 aromatic rings. The third-order valence-electron chi connectivity index (χ3n) is 3.04. The minimum absolute atomic E-state index is 0.00669. The van der Waals surface area contributed by atoms with Gasteiger partial charge in [-0.3, -0.25) is 4.79 Å². The number of nitrogens with two attached hydrogens (primary N) is 1. The Bertz CT molecular complexity index is 438. The summed E-state index contributed by atoms with van der Waals surface area (Å²) in [6.45, 7) is 6.80. The maximum absolute atomic E-state index is 12.2. The van der Waals surface area contributed by atoms with E-state index in [1.165, 1.54) is 0 Å². The van der Waals surface area contributed by atoms with Crippen LogP contribution in [0.15, 0.2) is 24.3 Å². The summed E-state index contributed by atoms with van der Waals surface area (Å²) in [6.07, 6.45) is 0.637. The van der Waals surface area contributed by atoms with Gasteiger partial charge in [-0.15, -0.1) is 0 Å². The van der Waals surface area contributed by atoms with E-state index in [0.717, 1.165) is 11.1 Å². The Labute approximate surface area is 121 Å². The normalized spacial score (nSPS) is 13.1. The van der Waals surface area contributed by atoms with Crippen LogP contribution >= 0.6 is 0 Å². The zero-order valence-electron chi connectivity index (χ0n) is 12.9. The van der Waals surface area contributed by atoms with Crippen molar-refractivity contribution in [2.24, 2.45) is 11.7 Å². The molecule has 0 bridgehead atoms. The molecule has 0 spiro atoms. The fourth-order valence-corrected chi connectivity index (χ4v) is 2.07. The lowest BCUT2D eigenvalue weighted by Gasteiger charge is -2.24. The summed E-state index contributed by atoms with van der Waals surface area (Å²) < 4.78 is 5.19. The zero-order chi connectivity index (χ0) is 15.2. The van der Waals surface area contributed by atoms with Gasteiger partial charge in [0.1, 0.15) is 0 Å². The van der Waals surface area contributed by atoms with E-state index in [1.807, 2.05) is 45.0 Å². The molecule has 1 unspecified atom stereocenters. The SMILES string of the molecule is COCc1ccccc1CC(CN)C(=O)NC(C)(C)C. The molecule has 0 saturated heterocycles. The number of nitrogens with one attached hydrogen (secondary N) is 1. The molecule has 1 aromatic carbocycles. The van der Waals surface area contributed by atoms with Crippen LogP contribution in [0.2, 0.25) is 0 Å². The number of benzene rings is 1. The molecule has 0 aliphatic carbocycles. The van der Waals surface area contributed by atoms with Crippen molar-refractivity contribution in [1.29, 1.82) is 0 Å². The molecule has 0 radical (unpaired) electrons. The highest BCUT2D eigenvalue weighted by molar-refractivity contribution is 5.79. The van der Waals surface area contributed by atoms with E-state index in [1.54, 1.807) is 7.11 Å². The molecule has 112 valence electrons. The fourth-order valence-electron chi connectivity index (χ4n) is 2.07. The van der Waals surface area contributed by atoms with Crippen LogP contribution in [0, 0.1) is 5.92 Å². The average molecular weight is 278 g/mol. The van der Waals surface area contributed by atoms with E-state index in [-0.39, 0.29) is 17.4 Å². The number of ether oxygens (including phenoxy) is 1. The molecule has 20 heavy (non-hydrogen) atoms. The molecular formula is C16H26N2O2. The fraction of sp³-hybridized carbons (Fsp3) is 0.562. The van der Waals surface area contributed by atoms with Crippen LogP contribution in [-0.4, -0.2) is 25.1 Å². The second-order valence-electron chi connectivity index (χ2n) is 6.08. The first-order valence-electron chi connectivity index (χ1n) is 6.95. The third-order valence-corrected chi connectivity index (χ3v) is 3.04. The first-order chi connectivity index (χ1) is 9.37. The van der Waals surface area contributed by atoms with Gasteiger partial charge in [-0.1, -0.05) is 24.3 Å². The summed E-state index contributed by atoms with van der Waals surface area (Å²) in [5, 5.41) is 2.99. The average Bonchev–Trinajstić information content (AvgIpc) is 2.35. The van der Waals surface area contributed by atoms with E-state index in [9.17, 15) is 4.79 Å². The van der Waals surface area contributed by atoms with E-state index in [0.29, 0.717) is 19.6 Å². The number of hydrogen-bond donors (Lipinski definition) is 2. The van der Waals surface area contributed by atoms with Crippen LogP contribution in [-0.2, 0) is 22.6 Å². The molecule has 4 nitrogen and oxygen atoms in total. The molecule has 0 aliphatic heterocycles. The summed E-state index contributed by atoms with van der Waals surface area (Å²) in [5.41, 5.74) is 7.76. The second-order valence-corrected chi connectivity index (χ2v) is 6.08. The van der Waals surface area contributed by atoms with Crippen molar-refractivity contribution in [2.75, 3.05) is 13.7 Å². The quantitative estimate of drug-likeness (QED) is 0.835. The van der Waals surface area contributed by atoms with Crippen molar-refractivity contribution < 1.29 is 9.53 Å². The lowest BCUT2D eigenvalue weighted by atomic mass is 9.94. The molecule has 0 aliphatic rings. The first-order valence-corrected chi connectivity index (χ1v) is 6.95. The van der Waals surface area contributed by atoms with Crippen molar-refractivity contribution in [3.63, 3.8) is 0 Å². The molecule has 0 heterocycles. The van der Waals surface area contributed by atoms with Crippen LogP contribution in [0.3, 0.4) is 0 Å². The molecule has 0 aromatic heterocycles.